The number of allylic oxidation sites excluding steroid dienone is 2. The van der Waals surface area contributed by atoms with Gasteiger partial charge < -0.3 is 13.9 Å². The SMILES string of the molecule is CCOC(=O)c1coc(C2=CCC(C(=O)OC(C)(C)C)CC2)n1. The van der Waals surface area contributed by atoms with Gasteiger partial charge in [-0.25, -0.2) is 9.78 Å². The topological polar surface area (TPSA) is 78.6 Å². The van der Waals surface area contributed by atoms with E-state index < -0.39 is 11.6 Å². The van der Waals surface area contributed by atoms with Gasteiger partial charge in [-0.15, -0.1) is 0 Å². The molecule has 6 heteroatoms. The molecule has 1 unspecified atom stereocenters. The van der Waals surface area contributed by atoms with Gasteiger partial charge in [0, 0.05) is 5.57 Å². The molecule has 0 spiro atoms. The highest BCUT2D eigenvalue weighted by Gasteiger charge is 2.28. The van der Waals surface area contributed by atoms with E-state index in [1.807, 2.05) is 26.8 Å². The third-order valence-electron chi connectivity index (χ3n) is 3.41. The molecule has 0 fully saturated rings. The summed E-state index contributed by atoms with van der Waals surface area (Å²) in [5.41, 5.74) is 0.593. The zero-order chi connectivity index (χ0) is 17.0. The Labute approximate surface area is 135 Å². The summed E-state index contributed by atoms with van der Waals surface area (Å²) in [6, 6.07) is 0. The van der Waals surface area contributed by atoms with E-state index in [0.717, 1.165) is 5.57 Å². The maximum atomic E-state index is 12.1. The van der Waals surface area contributed by atoms with Gasteiger partial charge in [-0.2, -0.15) is 0 Å². The molecule has 0 N–H and O–H groups in total. The lowest BCUT2D eigenvalue weighted by atomic mass is 9.89. The Hall–Kier alpha value is -2.11. The van der Waals surface area contributed by atoms with E-state index >= 15 is 0 Å². The van der Waals surface area contributed by atoms with Crippen LogP contribution in [-0.4, -0.2) is 29.1 Å². The largest absolute Gasteiger partial charge is 0.461 e. The first-order valence-electron chi connectivity index (χ1n) is 7.85. The smallest absolute Gasteiger partial charge is 0.360 e. The highest BCUT2D eigenvalue weighted by Crippen LogP contribution is 2.31. The lowest BCUT2D eigenvalue weighted by molar-refractivity contribution is -0.160. The van der Waals surface area contributed by atoms with Crippen molar-refractivity contribution < 1.29 is 23.5 Å². The van der Waals surface area contributed by atoms with Crippen LogP contribution in [0.15, 0.2) is 16.8 Å². The highest BCUT2D eigenvalue weighted by atomic mass is 16.6. The van der Waals surface area contributed by atoms with Gasteiger partial charge in [0.2, 0.25) is 5.89 Å². The number of hydrogen-bond donors (Lipinski definition) is 0. The summed E-state index contributed by atoms with van der Waals surface area (Å²) in [5.74, 6) is -0.397. The minimum atomic E-state index is -0.495. The van der Waals surface area contributed by atoms with E-state index in [2.05, 4.69) is 4.98 Å². The number of esters is 2. The van der Waals surface area contributed by atoms with Gasteiger partial charge in [0.1, 0.15) is 11.9 Å². The fraction of sp³-hybridized carbons (Fsp3) is 0.588. The summed E-state index contributed by atoms with van der Waals surface area (Å²) in [4.78, 5) is 27.8. The van der Waals surface area contributed by atoms with Crippen molar-refractivity contribution in [2.45, 2.75) is 52.6 Å². The van der Waals surface area contributed by atoms with Crippen molar-refractivity contribution in [3.05, 3.63) is 23.9 Å². The van der Waals surface area contributed by atoms with Gasteiger partial charge in [-0.05, 0) is 47.0 Å². The first-order valence-corrected chi connectivity index (χ1v) is 7.85. The van der Waals surface area contributed by atoms with Gasteiger partial charge in [0.05, 0.1) is 12.5 Å². The number of rotatable bonds is 4. The average Bonchev–Trinajstić information content (AvgIpc) is 2.96. The summed E-state index contributed by atoms with van der Waals surface area (Å²) in [5, 5.41) is 0. The Morgan fingerprint density at radius 2 is 2.13 bits per heavy atom. The van der Waals surface area contributed by atoms with Crippen molar-refractivity contribution in [2.24, 2.45) is 5.92 Å². The predicted molar refractivity (Wildman–Crippen MR) is 83.6 cm³/mol. The number of carbonyl (C=O) groups is 2. The summed E-state index contributed by atoms with van der Waals surface area (Å²) >= 11 is 0. The van der Waals surface area contributed by atoms with Crippen molar-refractivity contribution in [3.8, 4) is 0 Å². The third-order valence-corrected chi connectivity index (χ3v) is 3.41. The molecule has 0 saturated carbocycles. The lowest BCUT2D eigenvalue weighted by Crippen LogP contribution is -2.29. The molecule has 0 amide bonds. The molecule has 1 aliphatic carbocycles. The van der Waals surface area contributed by atoms with Crippen molar-refractivity contribution in [2.75, 3.05) is 6.61 Å². The van der Waals surface area contributed by atoms with E-state index in [9.17, 15) is 9.59 Å². The van der Waals surface area contributed by atoms with Gasteiger partial charge in [-0.3, -0.25) is 4.79 Å². The zero-order valence-electron chi connectivity index (χ0n) is 14.0. The molecule has 6 nitrogen and oxygen atoms in total. The van der Waals surface area contributed by atoms with Crippen LogP contribution < -0.4 is 0 Å². The van der Waals surface area contributed by atoms with Gasteiger partial charge in [-0.1, -0.05) is 6.08 Å². The van der Waals surface area contributed by atoms with Crippen LogP contribution in [-0.2, 0) is 14.3 Å². The normalized spacial score (nSPS) is 18.3. The summed E-state index contributed by atoms with van der Waals surface area (Å²) in [6.45, 7) is 7.61. The first kappa shape index (κ1) is 17.2. The molecule has 1 aromatic rings. The molecular formula is C17H23NO5. The van der Waals surface area contributed by atoms with Crippen molar-refractivity contribution in [1.29, 1.82) is 0 Å². The van der Waals surface area contributed by atoms with Crippen molar-refractivity contribution in [1.82, 2.24) is 4.98 Å². The number of ether oxygens (including phenoxy) is 2. The number of aromatic nitrogens is 1. The molecule has 2 rings (SSSR count). The second kappa shape index (κ2) is 6.98. The fourth-order valence-corrected chi connectivity index (χ4v) is 2.35. The van der Waals surface area contributed by atoms with Crippen LogP contribution in [0.3, 0.4) is 0 Å². The number of hydrogen-bond acceptors (Lipinski definition) is 6. The Morgan fingerprint density at radius 3 is 2.70 bits per heavy atom. The van der Waals surface area contributed by atoms with Crippen molar-refractivity contribution in [3.63, 3.8) is 0 Å². The monoisotopic (exact) mass is 321 g/mol. The molecule has 1 aromatic heterocycles. The quantitative estimate of drug-likeness (QED) is 0.791. The van der Waals surface area contributed by atoms with Crippen LogP contribution in [0.1, 0.15) is 63.3 Å². The third kappa shape index (κ3) is 4.68. The maximum absolute atomic E-state index is 12.1. The Morgan fingerprint density at radius 1 is 1.39 bits per heavy atom. The first-order chi connectivity index (χ1) is 10.8. The number of oxazole rings is 1. The highest BCUT2D eigenvalue weighted by molar-refractivity contribution is 5.87. The second-order valence-corrected chi connectivity index (χ2v) is 6.49. The van der Waals surface area contributed by atoms with E-state index in [0.29, 0.717) is 31.8 Å². The minimum absolute atomic E-state index is 0.141. The number of carbonyl (C=O) groups excluding carboxylic acids is 2. The molecule has 0 bridgehead atoms. The Kier molecular flexibility index (Phi) is 5.23. The van der Waals surface area contributed by atoms with Crippen molar-refractivity contribution >= 4 is 17.5 Å². The van der Waals surface area contributed by atoms with Crippen LogP contribution >= 0.6 is 0 Å². The molecule has 126 valence electrons. The van der Waals surface area contributed by atoms with Gasteiger partial charge in [0.25, 0.3) is 0 Å². The zero-order valence-corrected chi connectivity index (χ0v) is 14.0. The Bertz CT molecular complexity index is 609. The summed E-state index contributed by atoms with van der Waals surface area (Å²) in [7, 11) is 0. The average molecular weight is 321 g/mol. The molecule has 1 aliphatic rings. The standard InChI is InChI=1S/C17H23NO5/c1-5-21-16(20)13-10-22-14(18-13)11-6-8-12(9-7-11)15(19)23-17(2,3)4/h6,10,12H,5,7-9H2,1-4H3. The molecule has 1 atom stereocenters. The summed E-state index contributed by atoms with van der Waals surface area (Å²) in [6.07, 6.45) is 5.15. The molecule has 23 heavy (non-hydrogen) atoms. The van der Waals surface area contributed by atoms with Gasteiger partial charge >= 0.3 is 11.9 Å². The summed E-state index contributed by atoms with van der Waals surface area (Å²) < 4.78 is 15.6. The fourth-order valence-electron chi connectivity index (χ4n) is 2.35. The minimum Gasteiger partial charge on any atom is -0.461 e. The Balaban J connectivity index is 1.99. The van der Waals surface area contributed by atoms with E-state index in [-0.39, 0.29) is 17.6 Å². The van der Waals surface area contributed by atoms with Crippen LogP contribution in [0.4, 0.5) is 0 Å². The van der Waals surface area contributed by atoms with Gasteiger partial charge in [0.15, 0.2) is 5.69 Å². The van der Waals surface area contributed by atoms with Crippen LogP contribution in [0, 0.1) is 5.92 Å². The molecular weight excluding hydrogens is 298 g/mol. The van der Waals surface area contributed by atoms with E-state index in [4.69, 9.17) is 13.9 Å². The number of nitrogens with zero attached hydrogens (tertiary/aromatic N) is 1. The lowest BCUT2D eigenvalue weighted by Gasteiger charge is -2.25. The molecule has 0 radical (unpaired) electrons. The van der Waals surface area contributed by atoms with E-state index in [1.54, 1.807) is 6.92 Å². The molecule has 0 aromatic carbocycles. The second-order valence-electron chi connectivity index (χ2n) is 6.49. The predicted octanol–water partition coefficient (Wildman–Crippen LogP) is 3.38. The van der Waals surface area contributed by atoms with Crippen LogP contribution in [0.2, 0.25) is 0 Å². The molecule has 0 aliphatic heterocycles. The molecule has 0 saturated heterocycles. The molecule has 1 heterocycles. The van der Waals surface area contributed by atoms with Crippen LogP contribution in [0.25, 0.3) is 5.57 Å². The van der Waals surface area contributed by atoms with E-state index in [1.165, 1.54) is 6.26 Å². The maximum Gasteiger partial charge on any atom is 0.360 e. The van der Waals surface area contributed by atoms with Crippen LogP contribution in [0.5, 0.6) is 0 Å².